The van der Waals surface area contributed by atoms with Gasteiger partial charge in [-0.1, -0.05) is 50.2 Å². The summed E-state index contributed by atoms with van der Waals surface area (Å²) in [7, 11) is -3.59. The normalized spacial score (nSPS) is 11.6. The molecule has 2 rings (SSSR count). The van der Waals surface area contributed by atoms with Crippen molar-refractivity contribution in [3.05, 3.63) is 66.1 Å². The first-order valence-electron chi connectivity index (χ1n) is 8.23. The van der Waals surface area contributed by atoms with Gasteiger partial charge in [-0.15, -0.1) is 0 Å². The van der Waals surface area contributed by atoms with Gasteiger partial charge in [-0.3, -0.25) is 4.79 Å². The van der Waals surface area contributed by atoms with Gasteiger partial charge in [-0.25, -0.2) is 13.1 Å². The fourth-order valence-corrected chi connectivity index (χ4v) is 3.14. The molecule has 133 valence electrons. The van der Waals surface area contributed by atoms with Crippen LogP contribution in [0.15, 0.2) is 42.5 Å². The maximum atomic E-state index is 12.3. The van der Waals surface area contributed by atoms with Crippen molar-refractivity contribution in [2.75, 3.05) is 6.26 Å². The molecule has 0 aliphatic heterocycles. The van der Waals surface area contributed by atoms with Crippen molar-refractivity contribution < 1.29 is 13.2 Å². The van der Waals surface area contributed by atoms with Gasteiger partial charge < -0.3 is 0 Å². The molecule has 0 aliphatic rings. The Kier molecular flexibility index (Phi) is 6.01. The van der Waals surface area contributed by atoms with Gasteiger partial charge in [0.05, 0.1) is 6.26 Å². The molecule has 0 fully saturated rings. The summed E-state index contributed by atoms with van der Waals surface area (Å²) in [5.41, 5.74) is 4.46. The van der Waals surface area contributed by atoms with Gasteiger partial charge in [-0.2, -0.15) is 0 Å². The van der Waals surface area contributed by atoms with Crippen molar-refractivity contribution in [2.24, 2.45) is 5.92 Å². The summed E-state index contributed by atoms with van der Waals surface area (Å²) >= 11 is 0. The molecular formula is C20H24NO3S. The second kappa shape index (κ2) is 7.83. The number of nitrogens with one attached hydrogen (secondary N) is 1. The van der Waals surface area contributed by atoms with Gasteiger partial charge >= 0.3 is 0 Å². The summed E-state index contributed by atoms with van der Waals surface area (Å²) in [5, 5.41) is 0. The van der Waals surface area contributed by atoms with Crippen molar-refractivity contribution >= 4 is 15.9 Å². The lowest BCUT2D eigenvalue weighted by Crippen LogP contribution is -2.30. The second-order valence-corrected chi connectivity index (χ2v) is 8.37. The molecule has 0 saturated carbocycles. The van der Waals surface area contributed by atoms with Crippen LogP contribution in [0.25, 0.3) is 11.1 Å². The van der Waals surface area contributed by atoms with Gasteiger partial charge in [0.25, 0.3) is 5.91 Å². The predicted molar refractivity (Wildman–Crippen MR) is 102 cm³/mol. The summed E-state index contributed by atoms with van der Waals surface area (Å²) in [4.78, 5) is 12.3. The van der Waals surface area contributed by atoms with Crippen LogP contribution in [0, 0.1) is 12.8 Å². The summed E-state index contributed by atoms with van der Waals surface area (Å²) in [6.45, 7) is 8.00. The maximum Gasteiger partial charge on any atom is 0.264 e. The van der Waals surface area contributed by atoms with E-state index in [4.69, 9.17) is 0 Å². The fraction of sp³-hybridized carbons (Fsp3) is 0.300. The lowest BCUT2D eigenvalue weighted by atomic mass is 9.93. The maximum absolute atomic E-state index is 12.3. The van der Waals surface area contributed by atoms with Crippen LogP contribution in [-0.4, -0.2) is 20.6 Å². The van der Waals surface area contributed by atoms with Crippen LogP contribution in [0.2, 0.25) is 0 Å². The second-order valence-electron chi connectivity index (χ2n) is 6.62. The quantitative estimate of drug-likeness (QED) is 0.858. The first-order valence-corrected chi connectivity index (χ1v) is 10.1. The summed E-state index contributed by atoms with van der Waals surface area (Å²) in [6, 6.07) is 13.7. The smallest absolute Gasteiger partial charge is 0.264 e. The van der Waals surface area contributed by atoms with Gasteiger partial charge in [0, 0.05) is 5.56 Å². The molecule has 0 bridgehead atoms. The van der Waals surface area contributed by atoms with E-state index in [0.29, 0.717) is 17.9 Å². The molecule has 0 saturated heterocycles. The number of benzene rings is 2. The summed E-state index contributed by atoms with van der Waals surface area (Å²) < 4.78 is 24.8. The number of sulfonamides is 1. The van der Waals surface area contributed by atoms with Crippen LogP contribution in [-0.2, 0) is 22.9 Å². The Balaban J connectivity index is 2.43. The van der Waals surface area contributed by atoms with Crippen LogP contribution >= 0.6 is 0 Å². The van der Waals surface area contributed by atoms with E-state index in [-0.39, 0.29) is 0 Å². The van der Waals surface area contributed by atoms with Gasteiger partial charge in [-0.05, 0) is 54.0 Å². The van der Waals surface area contributed by atoms with Crippen LogP contribution in [0.4, 0.5) is 0 Å². The molecule has 0 spiro atoms. The topological polar surface area (TPSA) is 63.2 Å². The highest BCUT2D eigenvalue weighted by molar-refractivity contribution is 7.89. The van der Waals surface area contributed by atoms with E-state index >= 15 is 0 Å². The van der Waals surface area contributed by atoms with E-state index in [0.717, 1.165) is 34.9 Å². The minimum absolute atomic E-state index is 0.341. The molecular weight excluding hydrogens is 334 g/mol. The molecule has 1 radical (unpaired) electrons. The third-order valence-electron chi connectivity index (χ3n) is 3.83. The standard InChI is InChI=1S/C20H24NO3S/c1-5-15-6-8-16(9-7-15)17-10-11-19(18(13-17)12-14(2)3)20(22)21-25(4,23)24/h6-11,13-14H,1,5,12H2,2-4H3,(H,21,22). The molecule has 2 aromatic rings. The summed E-state index contributed by atoms with van der Waals surface area (Å²) in [5.74, 6) is -0.245. The largest absolute Gasteiger partial charge is 0.268 e. The van der Waals surface area contributed by atoms with E-state index in [2.05, 4.69) is 20.8 Å². The zero-order valence-corrected chi connectivity index (χ0v) is 15.7. The number of hydrogen-bond donors (Lipinski definition) is 1. The van der Waals surface area contributed by atoms with Crippen molar-refractivity contribution in [1.82, 2.24) is 4.72 Å². The zero-order valence-electron chi connectivity index (χ0n) is 14.9. The lowest BCUT2D eigenvalue weighted by Gasteiger charge is -2.14. The number of rotatable bonds is 6. The Labute approximate surface area is 150 Å². The Morgan fingerprint density at radius 1 is 1.08 bits per heavy atom. The molecule has 1 N–H and O–H groups in total. The van der Waals surface area contributed by atoms with E-state index in [1.807, 2.05) is 41.1 Å². The van der Waals surface area contributed by atoms with E-state index in [9.17, 15) is 13.2 Å². The predicted octanol–water partition coefficient (Wildman–Crippen LogP) is 3.62. The van der Waals surface area contributed by atoms with Crippen LogP contribution in [0.3, 0.4) is 0 Å². The van der Waals surface area contributed by atoms with Gasteiger partial charge in [0.2, 0.25) is 10.0 Å². The Morgan fingerprint density at radius 3 is 2.20 bits per heavy atom. The number of amides is 1. The van der Waals surface area contributed by atoms with Gasteiger partial charge in [0.15, 0.2) is 0 Å². The molecule has 0 aromatic heterocycles. The van der Waals surface area contributed by atoms with Crippen LogP contribution in [0.1, 0.15) is 35.3 Å². The molecule has 0 aliphatic carbocycles. The van der Waals surface area contributed by atoms with Crippen molar-refractivity contribution in [2.45, 2.75) is 26.7 Å². The SMILES string of the molecule is [CH2]Cc1ccc(-c2ccc(C(=O)NS(C)(=O)=O)c(CC(C)C)c2)cc1. The minimum Gasteiger partial charge on any atom is -0.268 e. The van der Waals surface area contributed by atoms with E-state index in [1.54, 1.807) is 6.07 Å². The Bertz CT molecular complexity index is 853. The molecule has 0 unspecified atom stereocenters. The fourth-order valence-electron chi connectivity index (χ4n) is 2.69. The number of carbonyl (C=O) groups excluding carboxylic acids is 1. The highest BCUT2D eigenvalue weighted by Crippen LogP contribution is 2.25. The van der Waals surface area contributed by atoms with Crippen LogP contribution < -0.4 is 4.72 Å². The van der Waals surface area contributed by atoms with E-state index < -0.39 is 15.9 Å². The molecule has 1 amide bonds. The Morgan fingerprint density at radius 2 is 1.68 bits per heavy atom. The first kappa shape index (κ1) is 19.2. The average molecular weight is 358 g/mol. The molecule has 25 heavy (non-hydrogen) atoms. The van der Waals surface area contributed by atoms with Crippen molar-refractivity contribution in [3.8, 4) is 11.1 Å². The van der Waals surface area contributed by atoms with Gasteiger partial charge in [0.1, 0.15) is 0 Å². The summed E-state index contributed by atoms with van der Waals surface area (Å²) in [6.07, 6.45) is 2.41. The Hall–Kier alpha value is -2.14. The van der Waals surface area contributed by atoms with Crippen molar-refractivity contribution in [3.63, 3.8) is 0 Å². The highest BCUT2D eigenvalue weighted by Gasteiger charge is 2.16. The van der Waals surface area contributed by atoms with E-state index in [1.165, 1.54) is 0 Å². The highest BCUT2D eigenvalue weighted by atomic mass is 32.2. The third kappa shape index (κ3) is 5.43. The molecule has 2 aromatic carbocycles. The third-order valence-corrected chi connectivity index (χ3v) is 4.39. The molecule has 4 nitrogen and oxygen atoms in total. The lowest BCUT2D eigenvalue weighted by molar-refractivity contribution is 0.0980. The molecule has 0 atom stereocenters. The van der Waals surface area contributed by atoms with Crippen molar-refractivity contribution in [1.29, 1.82) is 0 Å². The monoisotopic (exact) mass is 358 g/mol. The zero-order chi connectivity index (χ0) is 18.6. The first-order chi connectivity index (χ1) is 11.7. The number of hydrogen-bond acceptors (Lipinski definition) is 3. The number of carbonyl (C=O) groups is 1. The van der Waals surface area contributed by atoms with Crippen LogP contribution in [0.5, 0.6) is 0 Å². The average Bonchev–Trinajstić information content (AvgIpc) is 2.52. The molecule has 0 heterocycles. The molecule has 5 heteroatoms. The minimum atomic E-state index is -3.59.